The number of ether oxygens (including phenoxy) is 1. The van der Waals surface area contributed by atoms with Gasteiger partial charge >= 0.3 is 0 Å². The van der Waals surface area contributed by atoms with Crippen molar-refractivity contribution < 1.29 is 4.74 Å². The quantitative estimate of drug-likeness (QED) is 0.636. The molecule has 126 valence electrons. The van der Waals surface area contributed by atoms with Gasteiger partial charge in [0.15, 0.2) is 11.5 Å². The van der Waals surface area contributed by atoms with Crippen molar-refractivity contribution in [1.29, 1.82) is 0 Å². The van der Waals surface area contributed by atoms with Crippen molar-refractivity contribution in [2.45, 2.75) is 19.6 Å². The lowest BCUT2D eigenvalue weighted by molar-refractivity contribution is -0.0370. The molecular formula is C14H18N8OS. The fourth-order valence-corrected chi connectivity index (χ4v) is 3.43. The molecule has 1 atom stereocenters. The summed E-state index contributed by atoms with van der Waals surface area (Å²) in [5.41, 5.74) is 13.6. The largest absolute Gasteiger partial charge is 0.382 e. The highest BCUT2D eigenvalue weighted by molar-refractivity contribution is 7.09. The first-order valence-electron chi connectivity index (χ1n) is 7.62. The third-order valence-corrected chi connectivity index (χ3v) is 4.74. The SMILES string of the molecule is Cc1nc(CN2CCOC(c3nc4nc(N)nc(N)c4[nH]3)C2)cs1. The van der Waals surface area contributed by atoms with Gasteiger partial charge in [-0.2, -0.15) is 9.97 Å². The van der Waals surface area contributed by atoms with Crippen LogP contribution in [0.1, 0.15) is 22.6 Å². The lowest BCUT2D eigenvalue weighted by atomic mass is 10.2. The summed E-state index contributed by atoms with van der Waals surface area (Å²) >= 11 is 1.67. The van der Waals surface area contributed by atoms with Crippen LogP contribution < -0.4 is 11.5 Å². The number of imidazole rings is 1. The molecule has 0 amide bonds. The number of rotatable bonds is 3. The fraction of sp³-hybridized carbons (Fsp3) is 0.429. The first-order valence-corrected chi connectivity index (χ1v) is 8.50. The molecule has 0 aromatic carbocycles. The summed E-state index contributed by atoms with van der Waals surface area (Å²) in [5, 5.41) is 3.18. The molecule has 0 radical (unpaired) electrons. The number of thiazole rings is 1. The van der Waals surface area contributed by atoms with Crippen LogP contribution in [0.2, 0.25) is 0 Å². The molecular weight excluding hydrogens is 328 g/mol. The number of morpholine rings is 1. The number of aryl methyl sites for hydroxylation is 1. The van der Waals surface area contributed by atoms with Gasteiger partial charge in [0.1, 0.15) is 17.4 Å². The third-order valence-electron chi connectivity index (χ3n) is 3.92. The Bertz CT molecular complexity index is 875. The van der Waals surface area contributed by atoms with Crippen molar-refractivity contribution in [2.75, 3.05) is 31.2 Å². The monoisotopic (exact) mass is 346 g/mol. The molecule has 9 nitrogen and oxygen atoms in total. The van der Waals surface area contributed by atoms with Crippen molar-refractivity contribution in [1.82, 2.24) is 29.8 Å². The molecule has 1 fully saturated rings. The molecule has 4 rings (SSSR count). The van der Waals surface area contributed by atoms with Gasteiger partial charge in [0, 0.05) is 25.0 Å². The van der Waals surface area contributed by atoms with Gasteiger partial charge < -0.3 is 21.2 Å². The zero-order chi connectivity index (χ0) is 16.7. The van der Waals surface area contributed by atoms with Crippen LogP contribution in [0, 0.1) is 6.92 Å². The van der Waals surface area contributed by atoms with E-state index in [9.17, 15) is 0 Å². The second-order valence-electron chi connectivity index (χ2n) is 5.74. The minimum Gasteiger partial charge on any atom is -0.382 e. The van der Waals surface area contributed by atoms with E-state index in [4.69, 9.17) is 16.2 Å². The lowest BCUT2D eigenvalue weighted by Gasteiger charge is -2.31. The van der Waals surface area contributed by atoms with E-state index >= 15 is 0 Å². The molecule has 1 saturated heterocycles. The molecule has 3 aromatic rings. The number of fused-ring (bicyclic) bond motifs is 1. The Balaban J connectivity index is 1.54. The van der Waals surface area contributed by atoms with Crippen LogP contribution in [-0.2, 0) is 11.3 Å². The summed E-state index contributed by atoms with van der Waals surface area (Å²) < 4.78 is 5.86. The molecule has 5 N–H and O–H groups in total. The van der Waals surface area contributed by atoms with E-state index in [1.54, 1.807) is 11.3 Å². The number of hydrogen-bond acceptors (Lipinski definition) is 9. The number of anilines is 2. The molecule has 0 bridgehead atoms. The van der Waals surface area contributed by atoms with Crippen molar-refractivity contribution in [2.24, 2.45) is 0 Å². The summed E-state index contributed by atoms with van der Waals surface area (Å²) in [4.78, 5) is 22.5. The van der Waals surface area contributed by atoms with E-state index < -0.39 is 0 Å². The molecule has 1 unspecified atom stereocenters. The van der Waals surface area contributed by atoms with Crippen LogP contribution in [0.15, 0.2) is 5.38 Å². The van der Waals surface area contributed by atoms with Gasteiger partial charge in [-0.3, -0.25) is 4.90 Å². The van der Waals surface area contributed by atoms with Crippen LogP contribution >= 0.6 is 11.3 Å². The fourth-order valence-electron chi connectivity index (χ4n) is 2.83. The normalized spacial score (nSPS) is 19.1. The van der Waals surface area contributed by atoms with Gasteiger partial charge in [0.05, 0.1) is 17.3 Å². The van der Waals surface area contributed by atoms with Crippen LogP contribution in [0.3, 0.4) is 0 Å². The average Bonchev–Trinajstić information content (AvgIpc) is 3.14. The molecule has 4 heterocycles. The topological polar surface area (TPSA) is 132 Å². The van der Waals surface area contributed by atoms with Crippen LogP contribution in [0.4, 0.5) is 11.8 Å². The Morgan fingerprint density at radius 3 is 3.00 bits per heavy atom. The summed E-state index contributed by atoms with van der Waals surface area (Å²) in [6.45, 7) is 5.04. The second-order valence-corrected chi connectivity index (χ2v) is 6.80. The summed E-state index contributed by atoms with van der Waals surface area (Å²) in [6, 6.07) is 0. The number of aromatic nitrogens is 5. The Morgan fingerprint density at radius 1 is 1.33 bits per heavy atom. The number of nitrogens with two attached hydrogens (primary N) is 2. The Morgan fingerprint density at radius 2 is 2.21 bits per heavy atom. The average molecular weight is 346 g/mol. The predicted octanol–water partition coefficient (Wildman–Crippen LogP) is 0.856. The molecule has 1 aliphatic heterocycles. The minimum absolute atomic E-state index is 0.114. The van der Waals surface area contributed by atoms with E-state index in [1.807, 2.05) is 6.92 Å². The Kier molecular flexibility index (Phi) is 3.79. The van der Waals surface area contributed by atoms with Gasteiger partial charge in [-0.1, -0.05) is 0 Å². The zero-order valence-electron chi connectivity index (χ0n) is 13.2. The smallest absolute Gasteiger partial charge is 0.224 e. The minimum atomic E-state index is -0.173. The van der Waals surface area contributed by atoms with E-state index in [0.717, 1.165) is 30.3 Å². The van der Waals surface area contributed by atoms with Crippen LogP contribution in [0.25, 0.3) is 11.2 Å². The molecule has 24 heavy (non-hydrogen) atoms. The van der Waals surface area contributed by atoms with Crippen molar-refractivity contribution in [3.8, 4) is 0 Å². The van der Waals surface area contributed by atoms with Gasteiger partial charge in [-0.05, 0) is 6.92 Å². The van der Waals surface area contributed by atoms with Gasteiger partial charge in [0.25, 0.3) is 0 Å². The highest BCUT2D eigenvalue weighted by Crippen LogP contribution is 2.25. The highest BCUT2D eigenvalue weighted by Gasteiger charge is 2.26. The van der Waals surface area contributed by atoms with Crippen LogP contribution in [-0.4, -0.2) is 49.5 Å². The summed E-state index contributed by atoms with van der Waals surface area (Å²) in [7, 11) is 0. The van der Waals surface area contributed by atoms with Crippen molar-refractivity contribution >= 4 is 34.3 Å². The van der Waals surface area contributed by atoms with Crippen LogP contribution in [0.5, 0.6) is 0 Å². The first-order chi connectivity index (χ1) is 11.6. The maximum Gasteiger partial charge on any atom is 0.224 e. The number of nitrogen functional groups attached to an aromatic ring is 2. The van der Waals surface area contributed by atoms with E-state index in [2.05, 4.69) is 35.2 Å². The molecule has 1 aliphatic rings. The molecule has 10 heteroatoms. The standard InChI is InChI=1S/C14H18N8OS/c1-7-17-8(6-24-7)4-22-2-3-23-9(5-22)12-18-10-11(15)19-14(16)21-13(10)20-12/h6,9H,2-5H2,1H3,(H5,15,16,18,19,20,21). The predicted molar refractivity (Wildman–Crippen MR) is 91.3 cm³/mol. The number of hydrogen-bond donors (Lipinski definition) is 3. The van der Waals surface area contributed by atoms with Gasteiger partial charge in [0.2, 0.25) is 5.95 Å². The van der Waals surface area contributed by atoms with E-state index in [0.29, 0.717) is 29.4 Å². The van der Waals surface area contributed by atoms with E-state index in [-0.39, 0.29) is 12.1 Å². The Hall–Kier alpha value is -2.30. The second kappa shape index (κ2) is 5.96. The number of nitrogens with one attached hydrogen (secondary N) is 1. The summed E-state index contributed by atoms with van der Waals surface area (Å²) in [5.74, 6) is 1.10. The van der Waals surface area contributed by atoms with Crippen molar-refractivity contribution in [3.63, 3.8) is 0 Å². The zero-order valence-corrected chi connectivity index (χ0v) is 14.0. The van der Waals surface area contributed by atoms with Gasteiger partial charge in [-0.25, -0.2) is 9.97 Å². The molecule has 3 aromatic heterocycles. The first kappa shape index (κ1) is 15.2. The highest BCUT2D eigenvalue weighted by atomic mass is 32.1. The Labute approximate surface area is 142 Å². The number of nitrogens with zero attached hydrogens (tertiary/aromatic N) is 5. The number of H-pyrrole nitrogens is 1. The van der Waals surface area contributed by atoms with E-state index in [1.165, 1.54) is 0 Å². The third kappa shape index (κ3) is 2.90. The maximum absolute atomic E-state index is 5.87. The van der Waals surface area contributed by atoms with Gasteiger partial charge in [-0.15, -0.1) is 11.3 Å². The lowest BCUT2D eigenvalue weighted by Crippen LogP contribution is -2.38. The van der Waals surface area contributed by atoms with Crippen molar-refractivity contribution in [3.05, 3.63) is 21.9 Å². The number of aromatic amines is 1. The summed E-state index contributed by atoms with van der Waals surface area (Å²) in [6.07, 6.45) is -0.173. The molecule has 0 aliphatic carbocycles. The maximum atomic E-state index is 5.87. The molecule has 0 spiro atoms. The molecule has 0 saturated carbocycles.